The second kappa shape index (κ2) is 8.39. The summed E-state index contributed by atoms with van der Waals surface area (Å²) in [6.07, 6.45) is -2.48. The molecule has 0 saturated heterocycles. The smallest absolute Gasteiger partial charge is 0.298 e. The van der Waals surface area contributed by atoms with E-state index < -0.39 is 17.6 Å². The fraction of sp³-hybridized carbons (Fsp3) is 0.476. The number of carbonyl (C=O) groups is 2. The molecule has 0 atom stereocenters. The van der Waals surface area contributed by atoms with E-state index in [4.69, 9.17) is 0 Å². The number of nitrogens with zero attached hydrogens (tertiary/aromatic N) is 3. The van der Waals surface area contributed by atoms with Crippen LogP contribution in [0.2, 0.25) is 0 Å². The van der Waals surface area contributed by atoms with E-state index >= 15 is 0 Å². The Balaban J connectivity index is 2.65. The first kappa shape index (κ1) is 22.6. The first-order chi connectivity index (χ1) is 13.4. The van der Waals surface area contributed by atoms with E-state index in [9.17, 15) is 22.8 Å². The predicted octanol–water partition coefficient (Wildman–Crippen LogP) is 4.50. The van der Waals surface area contributed by atoms with Crippen molar-refractivity contribution in [2.24, 2.45) is 12.0 Å². The van der Waals surface area contributed by atoms with Crippen LogP contribution in [0.3, 0.4) is 0 Å². The Morgan fingerprint density at radius 3 is 2.34 bits per heavy atom. The first-order valence-corrected chi connectivity index (χ1v) is 9.43. The summed E-state index contributed by atoms with van der Waals surface area (Å²) in [4.78, 5) is 28.1. The van der Waals surface area contributed by atoms with Gasteiger partial charge in [0.25, 0.3) is 5.91 Å². The van der Waals surface area contributed by atoms with Gasteiger partial charge >= 0.3 is 6.18 Å². The minimum atomic E-state index is -4.62. The average Bonchev–Trinajstić information content (AvgIpc) is 2.94. The lowest BCUT2D eigenvalue weighted by Gasteiger charge is -2.20. The number of rotatable bonds is 5. The molecule has 0 aliphatic carbocycles. The van der Waals surface area contributed by atoms with Gasteiger partial charge in [-0.25, -0.2) is 0 Å². The Morgan fingerprint density at radius 1 is 1.17 bits per heavy atom. The van der Waals surface area contributed by atoms with Crippen LogP contribution in [0.1, 0.15) is 72.5 Å². The van der Waals surface area contributed by atoms with Gasteiger partial charge in [0.05, 0.1) is 11.1 Å². The molecule has 0 aliphatic rings. The van der Waals surface area contributed by atoms with Gasteiger partial charge in [-0.2, -0.15) is 18.2 Å². The summed E-state index contributed by atoms with van der Waals surface area (Å²) in [6, 6.07) is 4.22. The number of halogens is 3. The molecule has 29 heavy (non-hydrogen) atoms. The molecule has 0 fully saturated rings. The van der Waals surface area contributed by atoms with Gasteiger partial charge in [0.2, 0.25) is 0 Å². The molecule has 2 rings (SSSR count). The van der Waals surface area contributed by atoms with E-state index in [1.807, 2.05) is 44.1 Å². The van der Waals surface area contributed by atoms with Gasteiger partial charge in [-0.15, -0.1) is 0 Å². The first-order valence-electron chi connectivity index (χ1n) is 9.43. The van der Waals surface area contributed by atoms with E-state index in [1.54, 1.807) is 6.07 Å². The third kappa shape index (κ3) is 5.05. The summed E-state index contributed by atoms with van der Waals surface area (Å²) >= 11 is 0. The lowest BCUT2D eigenvalue weighted by atomic mass is 9.92. The van der Waals surface area contributed by atoms with Crippen LogP contribution in [0, 0.1) is 0 Å². The van der Waals surface area contributed by atoms with Crippen LogP contribution in [0.4, 0.5) is 13.2 Å². The minimum Gasteiger partial charge on any atom is -0.298 e. The van der Waals surface area contributed by atoms with E-state index in [0.29, 0.717) is 24.4 Å². The molecule has 0 N–H and O–H groups in total. The second-order valence-electron chi connectivity index (χ2n) is 7.97. The van der Waals surface area contributed by atoms with Crippen LogP contribution in [-0.2, 0) is 25.2 Å². The highest BCUT2D eigenvalue weighted by molar-refractivity contribution is 6.02. The number of aromatic nitrogens is 2. The number of hydrogen-bond acceptors (Lipinski definition) is 2. The monoisotopic (exact) mass is 409 g/mol. The Labute approximate surface area is 167 Å². The second-order valence-corrected chi connectivity index (χ2v) is 7.97. The van der Waals surface area contributed by atoms with Gasteiger partial charge in [-0.3, -0.25) is 19.0 Å². The summed E-state index contributed by atoms with van der Waals surface area (Å²) < 4.78 is 42.9. The Hall–Kier alpha value is -2.64. The summed E-state index contributed by atoms with van der Waals surface area (Å²) in [6.45, 7) is 8.72. The normalized spacial score (nSPS) is 13.0. The Bertz CT molecular complexity index is 977. The van der Waals surface area contributed by atoms with Crippen LogP contribution in [0.25, 0.3) is 0 Å². The Kier molecular flexibility index (Phi) is 6.55. The zero-order valence-electron chi connectivity index (χ0n) is 17.3. The molecule has 5 nitrogen and oxygen atoms in total. The molecule has 2 aromatic rings. The summed E-state index contributed by atoms with van der Waals surface area (Å²) in [5.41, 5.74) is -0.422. The molecule has 0 bridgehead atoms. The van der Waals surface area contributed by atoms with Crippen molar-refractivity contribution < 1.29 is 22.8 Å². The van der Waals surface area contributed by atoms with Crippen molar-refractivity contribution in [1.82, 2.24) is 9.36 Å². The van der Waals surface area contributed by atoms with Crippen molar-refractivity contribution >= 4 is 12.2 Å². The lowest BCUT2D eigenvalue weighted by molar-refractivity contribution is -0.137. The molecule has 0 spiro atoms. The van der Waals surface area contributed by atoms with Gasteiger partial charge in [0.1, 0.15) is 0 Å². The minimum absolute atomic E-state index is 0.126. The predicted molar refractivity (Wildman–Crippen MR) is 104 cm³/mol. The molecule has 0 unspecified atom stereocenters. The summed E-state index contributed by atoms with van der Waals surface area (Å²) in [5.74, 6) is -0.880. The number of aldehydes is 1. The number of unbranched alkanes of at least 4 members (excludes halogenated alkanes) is 1. The molecule has 0 radical (unpaired) electrons. The fourth-order valence-corrected chi connectivity index (χ4v) is 3.12. The molecule has 8 heteroatoms. The van der Waals surface area contributed by atoms with E-state index in [1.165, 1.54) is 0 Å². The molecular weight excluding hydrogens is 383 g/mol. The number of amides is 1. The number of carbonyl (C=O) groups excluding carboxylic acids is 2. The molecule has 1 heterocycles. The summed E-state index contributed by atoms with van der Waals surface area (Å²) in [7, 11) is 1.86. The third-order valence-electron chi connectivity index (χ3n) is 4.69. The van der Waals surface area contributed by atoms with Crippen molar-refractivity contribution in [3.8, 4) is 0 Å². The van der Waals surface area contributed by atoms with Gasteiger partial charge < -0.3 is 0 Å². The quantitative estimate of drug-likeness (QED) is 0.683. The maximum absolute atomic E-state index is 13.0. The molecule has 0 saturated carbocycles. The van der Waals surface area contributed by atoms with Crippen molar-refractivity contribution in [2.45, 2.75) is 58.7 Å². The number of alkyl halides is 3. The standard InChI is InChI=1S/C21H26F3N3O2/c1-6-7-10-27-18(12-17(26(27)5)20(2,3)4)25-19(29)16-11-15(21(22,23)24)9-8-14(16)13-28/h8-9,11-13H,6-7,10H2,1-5H3/b25-18-. The van der Waals surface area contributed by atoms with Crippen LogP contribution in [0.15, 0.2) is 29.3 Å². The fourth-order valence-electron chi connectivity index (χ4n) is 3.12. The van der Waals surface area contributed by atoms with E-state index in [0.717, 1.165) is 30.7 Å². The maximum Gasteiger partial charge on any atom is 0.416 e. The lowest BCUT2D eigenvalue weighted by Crippen LogP contribution is -2.25. The largest absolute Gasteiger partial charge is 0.416 e. The zero-order valence-corrected chi connectivity index (χ0v) is 17.3. The van der Waals surface area contributed by atoms with Gasteiger partial charge in [0.15, 0.2) is 11.8 Å². The SMILES string of the molecule is CCCCn1/c(=N\C(=O)c2cc(C(F)(F)F)ccc2C=O)cc(C(C)(C)C)n1C. The van der Waals surface area contributed by atoms with E-state index in [-0.39, 0.29) is 16.5 Å². The van der Waals surface area contributed by atoms with Gasteiger partial charge in [0, 0.05) is 36.3 Å². The molecular formula is C21H26F3N3O2. The molecule has 158 valence electrons. The van der Waals surface area contributed by atoms with Crippen molar-refractivity contribution in [2.75, 3.05) is 0 Å². The number of hydrogen-bond donors (Lipinski definition) is 0. The topological polar surface area (TPSA) is 56.4 Å². The zero-order chi connectivity index (χ0) is 22.0. The van der Waals surface area contributed by atoms with Crippen LogP contribution >= 0.6 is 0 Å². The maximum atomic E-state index is 13.0. The van der Waals surface area contributed by atoms with Crippen LogP contribution < -0.4 is 5.49 Å². The van der Waals surface area contributed by atoms with E-state index in [2.05, 4.69) is 4.99 Å². The highest BCUT2D eigenvalue weighted by Crippen LogP contribution is 2.30. The highest BCUT2D eigenvalue weighted by Gasteiger charge is 2.32. The van der Waals surface area contributed by atoms with Crippen molar-refractivity contribution in [3.63, 3.8) is 0 Å². The molecule has 1 aromatic heterocycles. The summed E-state index contributed by atoms with van der Waals surface area (Å²) in [5, 5.41) is 0. The molecule has 0 aliphatic heterocycles. The van der Waals surface area contributed by atoms with Crippen LogP contribution in [-0.4, -0.2) is 21.6 Å². The third-order valence-corrected chi connectivity index (χ3v) is 4.69. The van der Waals surface area contributed by atoms with Gasteiger partial charge in [-0.05, 0) is 18.6 Å². The van der Waals surface area contributed by atoms with Crippen LogP contribution in [0.5, 0.6) is 0 Å². The highest BCUT2D eigenvalue weighted by atomic mass is 19.4. The number of benzene rings is 1. The van der Waals surface area contributed by atoms with Gasteiger partial charge in [-0.1, -0.05) is 40.2 Å². The molecule has 1 amide bonds. The van der Waals surface area contributed by atoms with Crippen molar-refractivity contribution in [1.29, 1.82) is 0 Å². The Morgan fingerprint density at radius 2 is 1.83 bits per heavy atom. The average molecular weight is 409 g/mol. The molecule has 1 aromatic carbocycles. The van der Waals surface area contributed by atoms with Crippen molar-refractivity contribution in [3.05, 3.63) is 52.1 Å².